The van der Waals surface area contributed by atoms with E-state index in [1.165, 1.54) is 26.4 Å². The highest BCUT2D eigenvalue weighted by molar-refractivity contribution is 6.04. The second-order valence-electron chi connectivity index (χ2n) is 5.02. The molecule has 2 rings (SSSR count). The minimum Gasteiger partial charge on any atom is -0.497 e. The van der Waals surface area contributed by atoms with E-state index >= 15 is 0 Å². The summed E-state index contributed by atoms with van der Waals surface area (Å²) in [5, 5.41) is 2.15. The Hall–Kier alpha value is -3.29. The van der Waals surface area contributed by atoms with Crippen molar-refractivity contribution in [3.8, 4) is 11.5 Å². The van der Waals surface area contributed by atoms with Crippen LogP contribution >= 0.6 is 0 Å². The number of carbonyl (C=O) groups excluding carboxylic acids is 3. The lowest BCUT2D eigenvalue weighted by atomic mass is 10.2. The van der Waals surface area contributed by atoms with Gasteiger partial charge in [-0.25, -0.2) is 4.79 Å². The fourth-order valence-electron chi connectivity index (χ4n) is 2.10. The molecule has 25 heavy (non-hydrogen) atoms. The van der Waals surface area contributed by atoms with E-state index in [9.17, 15) is 14.4 Å². The fraction of sp³-hybridized carbons (Fsp3) is 0.235. The van der Waals surface area contributed by atoms with Crippen molar-refractivity contribution >= 4 is 17.8 Å². The van der Waals surface area contributed by atoms with Gasteiger partial charge in [0.05, 0.1) is 14.2 Å². The number of amides is 2. The molecule has 8 heteroatoms. The highest BCUT2D eigenvalue weighted by Gasteiger charge is 2.18. The Balaban J connectivity index is 1.94. The molecule has 0 aliphatic rings. The van der Waals surface area contributed by atoms with Crippen molar-refractivity contribution in [3.05, 3.63) is 47.8 Å². The summed E-state index contributed by atoms with van der Waals surface area (Å²) >= 11 is 0. The maximum Gasteiger partial charge on any atom is 0.342 e. The second-order valence-corrected chi connectivity index (χ2v) is 5.02. The molecule has 0 atom stereocenters. The Labute approximate surface area is 144 Å². The maximum atomic E-state index is 12.1. The maximum absolute atomic E-state index is 12.1. The van der Waals surface area contributed by atoms with Crippen molar-refractivity contribution in [2.75, 3.05) is 20.8 Å². The summed E-state index contributed by atoms with van der Waals surface area (Å²) in [6.07, 6.45) is 1.68. The van der Waals surface area contributed by atoms with E-state index in [2.05, 4.69) is 5.32 Å². The number of carbonyl (C=O) groups is 3. The van der Waals surface area contributed by atoms with Crippen LogP contribution in [0, 0.1) is 0 Å². The van der Waals surface area contributed by atoms with E-state index < -0.39 is 24.4 Å². The smallest absolute Gasteiger partial charge is 0.342 e. The van der Waals surface area contributed by atoms with Crippen molar-refractivity contribution in [2.45, 2.75) is 0 Å². The predicted octanol–water partition coefficient (Wildman–Crippen LogP) is 1.16. The van der Waals surface area contributed by atoms with Crippen molar-refractivity contribution < 1.29 is 28.6 Å². The van der Waals surface area contributed by atoms with Gasteiger partial charge in [-0.2, -0.15) is 0 Å². The Morgan fingerprint density at radius 2 is 1.88 bits per heavy atom. The molecular weight excluding hydrogens is 328 g/mol. The van der Waals surface area contributed by atoms with E-state index in [1.54, 1.807) is 36.0 Å². The first kappa shape index (κ1) is 18.1. The lowest BCUT2D eigenvalue weighted by Gasteiger charge is -2.10. The summed E-state index contributed by atoms with van der Waals surface area (Å²) in [4.78, 5) is 35.8. The van der Waals surface area contributed by atoms with Crippen molar-refractivity contribution in [3.63, 3.8) is 0 Å². The topological polar surface area (TPSA) is 95.9 Å². The number of hydrogen-bond acceptors (Lipinski definition) is 6. The van der Waals surface area contributed by atoms with Crippen LogP contribution in [0.3, 0.4) is 0 Å². The SMILES string of the molecule is COc1ccc(C(=O)OCC(=O)NC(=O)c2cccn2C)c(OC)c1. The molecule has 2 amide bonds. The molecule has 0 aliphatic carbocycles. The molecule has 8 nitrogen and oxygen atoms in total. The van der Waals surface area contributed by atoms with Gasteiger partial charge < -0.3 is 18.8 Å². The quantitative estimate of drug-likeness (QED) is 0.789. The predicted molar refractivity (Wildman–Crippen MR) is 87.7 cm³/mol. The molecule has 132 valence electrons. The standard InChI is InChI=1S/C17H18N2O6/c1-19-8-4-5-13(19)16(21)18-15(20)10-25-17(22)12-7-6-11(23-2)9-14(12)24-3/h4-9H,10H2,1-3H3,(H,18,20,21). The zero-order chi connectivity index (χ0) is 18.4. The lowest BCUT2D eigenvalue weighted by Crippen LogP contribution is -2.35. The molecule has 0 bridgehead atoms. The summed E-state index contributed by atoms with van der Waals surface area (Å²) in [5.41, 5.74) is 0.460. The van der Waals surface area contributed by atoms with Crippen molar-refractivity contribution in [1.82, 2.24) is 9.88 Å². The Morgan fingerprint density at radius 1 is 1.12 bits per heavy atom. The monoisotopic (exact) mass is 346 g/mol. The Morgan fingerprint density at radius 3 is 2.48 bits per heavy atom. The van der Waals surface area contributed by atoms with Crippen molar-refractivity contribution in [2.24, 2.45) is 7.05 Å². The number of rotatable bonds is 6. The van der Waals surface area contributed by atoms with Gasteiger partial charge in [-0.15, -0.1) is 0 Å². The number of esters is 1. The number of aryl methyl sites for hydroxylation is 1. The van der Waals surface area contributed by atoms with Gasteiger partial charge in [0.15, 0.2) is 6.61 Å². The number of aromatic nitrogens is 1. The molecule has 0 fully saturated rings. The van der Waals surface area contributed by atoms with Crippen LogP contribution in [0.15, 0.2) is 36.5 Å². The van der Waals surface area contributed by atoms with Crippen LogP contribution in [0.25, 0.3) is 0 Å². The zero-order valence-corrected chi connectivity index (χ0v) is 14.1. The van der Waals surface area contributed by atoms with E-state index in [1.807, 2.05) is 0 Å². The van der Waals surface area contributed by atoms with E-state index in [-0.39, 0.29) is 11.3 Å². The minimum absolute atomic E-state index is 0.143. The fourth-order valence-corrected chi connectivity index (χ4v) is 2.10. The largest absolute Gasteiger partial charge is 0.497 e. The van der Waals surface area contributed by atoms with Gasteiger partial charge in [0, 0.05) is 19.3 Å². The first-order valence-corrected chi connectivity index (χ1v) is 7.31. The number of nitrogens with zero attached hydrogens (tertiary/aromatic N) is 1. The van der Waals surface area contributed by atoms with Gasteiger partial charge in [0.2, 0.25) is 0 Å². The number of methoxy groups -OCH3 is 2. The lowest BCUT2D eigenvalue weighted by molar-refractivity contribution is -0.123. The summed E-state index contributed by atoms with van der Waals surface area (Å²) in [6.45, 7) is -0.593. The van der Waals surface area contributed by atoms with Gasteiger partial charge >= 0.3 is 5.97 Å². The van der Waals surface area contributed by atoms with Gasteiger partial charge in [0.25, 0.3) is 11.8 Å². The number of ether oxygens (including phenoxy) is 3. The van der Waals surface area contributed by atoms with Crippen LogP contribution < -0.4 is 14.8 Å². The number of imide groups is 1. The van der Waals surface area contributed by atoms with E-state index in [0.29, 0.717) is 11.4 Å². The van der Waals surface area contributed by atoms with Crippen LogP contribution in [0.4, 0.5) is 0 Å². The number of nitrogens with one attached hydrogen (secondary N) is 1. The van der Waals surface area contributed by atoms with Crippen LogP contribution in [0.1, 0.15) is 20.8 Å². The molecule has 1 N–H and O–H groups in total. The average molecular weight is 346 g/mol. The first-order valence-electron chi connectivity index (χ1n) is 7.31. The van der Waals surface area contributed by atoms with Gasteiger partial charge in [0.1, 0.15) is 22.8 Å². The molecule has 0 spiro atoms. The molecule has 1 aromatic heterocycles. The van der Waals surface area contributed by atoms with Gasteiger partial charge in [-0.05, 0) is 24.3 Å². The Kier molecular flexibility index (Phi) is 5.78. The number of benzene rings is 1. The second kappa shape index (κ2) is 8.00. The molecule has 0 unspecified atom stereocenters. The molecule has 2 aromatic rings. The third kappa shape index (κ3) is 4.37. The molecule has 0 saturated heterocycles. The zero-order valence-electron chi connectivity index (χ0n) is 14.1. The van der Waals surface area contributed by atoms with E-state index in [0.717, 1.165) is 0 Å². The molecule has 0 saturated carbocycles. The average Bonchev–Trinajstić information content (AvgIpc) is 3.05. The normalized spacial score (nSPS) is 10.0. The summed E-state index contributed by atoms with van der Waals surface area (Å²) in [6, 6.07) is 7.80. The molecular formula is C17H18N2O6. The van der Waals surface area contributed by atoms with Gasteiger partial charge in [-0.1, -0.05) is 0 Å². The van der Waals surface area contributed by atoms with Crippen LogP contribution in [0.5, 0.6) is 11.5 Å². The Bertz CT molecular complexity index is 796. The van der Waals surface area contributed by atoms with Crippen molar-refractivity contribution in [1.29, 1.82) is 0 Å². The summed E-state index contributed by atoms with van der Waals surface area (Å²) in [7, 11) is 4.56. The molecule has 1 aromatic carbocycles. The first-order chi connectivity index (χ1) is 12.0. The third-order valence-electron chi connectivity index (χ3n) is 3.39. The minimum atomic E-state index is -0.749. The summed E-state index contributed by atoms with van der Waals surface area (Å²) in [5.74, 6) is -1.28. The van der Waals surface area contributed by atoms with E-state index in [4.69, 9.17) is 14.2 Å². The molecule has 0 aliphatic heterocycles. The van der Waals surface area contributed by atoms with Crippen LogP contribution in [-0.2, 0) is 16.6 Å². The van der Waals surface area contributed by atoms with Gasteiger partial charge in [-0.3, -0.25) is 14.9 Å². The summed E-state index contributed by atoms with van der Waals surface area (Å²) < 4.78 is 16.6. The van der Waals surface area contributed by atoms with Crippen LogP contribution in [-0.4, -0.2) is 43.2 Å². The molecule has 1 heterocycles. The van der Waals surface area contributed by atoms with Crippen LogP contribution in [0.2, 0.25) is 0 Å². The third-order valence-corrected chi connectivity index (χ3v) is 3.39. The molecule has 0 radical (unpaired) electrons. The highest BCUT2D eigenvalue weighted by atomic mass is 16.5. The number of hydrogen-bond donors (Lipinski definition) is 1. The highest BCUT2D eigenvalue weighted by Crippen LogP contribution is 2.25.